The van der Waals surface area contributed by atoms with Gasteiger partial charge in [-0.3, -0.25) is 4.79 Å². The van der Waals surface area contributed by atoms with E-state index < -0.39 is 0 Å². The number of anilines is 1. The van der Waals surface area contributed by atoms with Crippen molar-refractivity contribution in [2.24, 2.45) is 0 Å². The Balaban J connectivity index is 1.90. The zero-order chi connectivity index (χ0) is 14.4. The first-order valence-corrected chi connectivity index (χ1v) is 7.58. The molecule has 1 aliphatic rings. The lowest BCUT2D eigenvalue weighted by molar-refractivity contribution is 0.0938. The van der Waals surface area contributed by atoms with Crippen LogP contribution in [0.4, 0.5) is 5.95 Å². The average Bonchev–Trinajstić information content (AvgIpc) is 2.49. The second-order valence-corrected chi connectivity index (χ2v) is 5.56. The minimum absolute atomic E-state index is 0.108. The molecule has 0 spiro atoms. The molecule has 1 aliphatic carbocycles. The molecule has 2 rings (SSSR count). The largest absolute Gasteiger partial charge is 0.351 e. The molecule has 20 heavy (non-hydrogen) atoms. The van der Waals surface area contributed by atoms with Crippen molar-refractivity contribution in [1.82, 2.24) is 15.3 Å². The molecule has 5 nitrogen and oxygen atoms in total. The van der Waals surface area contributed by atoms with Gasteiger partial charge >= 0.3 is 0 Å². The number of carbonyl (C=O) groups is 1. The number of hydrogen-bond acceptors (Lipinski definition) is 4. The van der Waals surface area contributed by atoms with Crippen LogP contribution in [-0.2, 0) is 0 Å². The topological polar surface area (TPSA) is 66.9 Å². The summed E-state index contributed by atoms with van der Waals surface area (Å²) in [5, 5.41) is 6.25. The maximum atomic E-state index is 11.9. The lowest BCUT2D eigenvalue weighted by Crippen LogP contribution is -2.32. The van der Waals surface area contributed by atoms with Gasteiger partial charge in [-0.2, -0.15) is 0 Å². The maximum Gasteiger partial charge on any atom is 0.254 e. The molecule has 0 saturated heterocycles. The SMILES string of the molecule is CCC(C)NC(=O)c1cnc(NC2CCCCC2)nc1. The molecule has 0 aliphatic heterocycles. The summed E-state index contributed by atoms with van der Waals surface area (Å²) in [5.41, 5.74) is 0.513. The van der Waals surface area contributed by atoms with Crippen molar-refractivity contribution in [2.75, 3.05) is 5.32 Å². The Kier molecular flexibility index (Phi) is 5.32. The second kappa shape index (κ2) is 7.22. The molecule has 2 N–H and O–H groups in total. The Morgan fingerprint density at radius 2 is 1.95 bits per heavy atom. The van der Waals surface area contributed by atoms with Gasteiger partial charge in [-0.1, -0.05) is 26.2 Å². The fraction of sp³-hybridized carbons (Fsp3) is 0.667. The highest BCUT2D eigenvalue weighted by Crippen LogP contribution is 2.19. The molecule has 1 aromatic rings. The van der Waals surface area contributed by atoms with Crippen LogP contribution in [0.15, 0.2) is 12.4 Å². The van der Waals surface area contributed by atoms with Crippen LogP contribution in [0.2, 0.25) is 0 Å². The van der Waals surface area contributed by atoms with Crippen LogP contribution in [-0.4, -0.2) is 28.0 Å². The summed E-state index contributed by atoms with van der Waals surface area (Å²) in [4.78, 5) is 20.4. The third-order valence-electron chi connectivity index (χ3n) is 3.84. The van der Waals surface area contributed by atoms with Crippen molar-refractivity contribution in [3.8, 4) is 0 Å². The van der Waals surface area contributed by atoms with E-state index in [1.165, 1.54) is 32.1 Å². The summed E-state index contributed by atoms with van der Waals surface area (Å²) in [7, 11) is 0. The molecule has 1 atom stereocenters. The molecular formula is C15H24N4O. The molecule has 1 aromatic heterocycles. The summed E-state index contributed by atoms with van der Waals surface area (Å²) in [6.07, 6.45) is 10.3. The quantitative estimate of drug-likeness (QED) is 0.867. The standard InChI is InChI=1S/C15H24N4O/c1-3-11(2)18-14(20)12-9-16-15(17-10-12)19-13-7-5-4-6-8-13/h9-11,13H,3-8H2,1-2H3,(H,18,20)(H,16,17,19). The fourth-order valence-electron chi connectivity index (χ4n) is 2.36. The zero-order valence-corrected chi connectivity index (χ0v) is 12.4. The van der Waals surface area contributed by atoms with E-state index >= 15 is 0 Å². The van der Waals surface area contributed by atoms with E-state index in [0.29, 0.717) is 17.6 Å². The van der Waals surface area contributed by atoms with E-state index in [9.17, 15) is 4.79 Å². The molecule has 1 saturated carbocycles. The van der Waals surface area contributed by atoms with Gasteiger partial charge in [-0.15, -0.1) is 0 Å². The third kappa shape index (κ3) is 4.18. The first-order chi connectivity index (χ1) is 9.69. The van der Waals surface area contributed by atoms with E-state index in [1.807, 2.05) is 13.8 Å². The Bertz CT molecular complexity index is 426. The fourth-order valence-corrected chi connectivity index (χ4v) is 2.36. The first-order valence-electron chi connectivity index (χ1n) is 7.58. The van der Waals surface area contributed by atoms with Crippen LogP contribution >= 0.6 is 0 Å². The van der Waals surface area contributed by atoms with Gasteiger partial charge in [-0.05, 0) is 26.2 Å². The van der Waals surface area contributed by atoms with Crippen LogP contribution in [0.3, 0.4) is 0 Å². The minimum Gasteiger partial charge on any atom is -0.351 e. The van der Waals surface area contributed by atoms with Crippen molar-refractivity contribution in [3.63, 3.8) is 0 Å². The van der Waals surface area contributed by atoms with Crippen molar-refractivity contribution in [2.45, 2.75) is 64.5 Å². The maximum absolute atomic E-state index is 11.9. The smallest absolute Gasteiger partial charge is 0.254 e. The monoisotopic (exact) mass is 276 g/mol. The first kappa shape index (κ1) is 14.8. The summed E-state index contributed by atoms with van der Waals surface area (Å²) in [6, 6.07) is 0.645. The van der Waals surface area contributed by atoms with Crippen LogP contribution < -0.4 is 10.6 Å². The molecule has 1 fully saturated rings. The number of aromatic nitrogens is 2. The van der Waals surface area contributed by atoms with Gasteiger partial charge in [0.25, 0.3) is 5.91 Å². The van der Waals surface area contributed by atoms with E-state index in [-0.39, 0.29) is 11.9 Å². The van der Waals surface area contributed by atoms with Gasteiger partial charge in [0.05, 0.1) is 5.56 Å². The highest BCUT2D eigenvalue weighted by atomic mass is 16.1. The van der Waals surface area contributed by atoms with Gasteiger partial charge in [0, 0.05) is 24.5 Å². The second-order valence-electron chi connectivity index (χ2n) is 5.56. The Labute approximate surface area is 120 Å². The summed E-state index contributed by atoms with van der Waals surface area (Å²) < 4.78 is 0. The van der Waals surface area contributed by atoms with Crippen LogP contribution in [0.1, 0.15) is 62.7 Å². The van der Waals surface area contributed by atoms with Gasteiger partial charge in [-0.25, -0.2) is 9.97 Å². The molecule has 0 aromatic carbocycles. The van der Waals surface area contributed by atoms with E-state index in [0.717, 1.165) is 6.42 Å². The molecular weight excluding hydrogens is 252 g/mol. The van der Waals surface area contributed by atoms with Crippen molar-refractivity contribution in [1.29, 1.82) is 0 Å². The van der Waals surface area contributed by atoms with E-state index in [1.54, 1.807) is 12.4 Å². The normalized spacial score (nSPS) is 17.5. The lowest BCUT2D eigenvalue weighted by Gasteiger charge is -2.22. The van der Waals surface area contributed by atoms with E-state index in [4.69, 9.17) is 0 Å². The minimum atomic E-state index is -0.108. The predicted octanol–water partition coefficient (Wildman–Crippen LogP) is 2.75. The average molecular weight is 276 g/mol. The number of nitrogens with one attached hydrogen (secondary N) is 2. The predicted molar refractivity (Wildman–Crippen MR) is 79.7 cm³/mol. The van der Waals surface area contributed by atoms with Crippen molar-refractivity contribution in [3.05, 3.63) is 18.0 Å². The summed E-state index contributed by atoms with van der Waals surface area (Å²) >= 11 is 0. The number of rotatable bonds is 5. The van der Waals surface area contributed by atoms with Crippen molar-refractivity contribution >= 4 is 11.9 Å². The van der Waals surface area contributed by atoms with Gasteiger partial charge in [0.15, 0.2) is 0 Å². The summed E-state index contributed by atoms with van der Waals surface area (Å²) in [6.45, 7) is 4.02. The molecule has 110 valence electrons. The Hall–Kier alpha value is -1.65. The number of nitrogens with zero attached hydrogens (tertiary/aromatic N) is 2. The van der Waals surface area contributed by atoms with Crippen LogP contribution in [0.5, 0.6) is 0 Å². The van der Waals surface area contributed by atoms with Gasteiger partial charge in [0.1, 0.15) is 0 Å². The molecule has 1 heterocycles. The Morgan fingerprint density at radius 1 is 1.30 bits per heavy atom. The summed E-state index contributed by atoms with van der Waals surface area (Å²) in [5.74, 6) is 0.514. The van der Waals surface area contributed by atoms with Gasteiger partial charge < -0.3 is 10.6 Å². The lowest BCUT2D eigenvalue weighted by atomic mass is 9.96. The molecule has 5 heteroatoms. The van der Waals surface area contributed by atoms with Crippen molar-refractivity contribution < 1.29 is 4.79 Å². The molecule has 0 radical (unpaired) electrons. The molecule has 1 unspecified atom stereocenters. The number of hydrogen-bond donors (Lipinski definition) is 2. The number of amides is 1. The number of carbonyl (C=O) groups excluding carboxylic acids is 1. The third-order valence-corrected chi connectivity index (χ3v) is 3.84. The molecule has 0 bridgehead atoms. The van der Waals surface area contributed by atoms with Gasteiger partial charge in [0.2, 0.25) is 5.95 Å². The molecule has 1 amide bonds. The van der Waals surface area contributed by atoms with Crippen LogP contribution in [0.25, 0.3) is 0 Å². The zero-order valence-electron chi connectivity index (χ0n) is 12.4. The highest BCUT2D eigenvalue weighted by molar-refractivity contribution is 5.93. The highest BCUT2D eigenvalue weighted by Gasteiger charge is 2.14. The van der Waals surface area contributed by atoms with E-state index in [2.05, 4.69) is 20.6 Å². The Morgan fingerprint density at radius 3 is 2.55 bits per heavy atom. The van der Waals surface area contributed by atoms with Crippen LogP contribution in [0, 0.1) is 0 Å².